The molecule has 3 aliphatic heterocycles. The maximum absolute atomic E-state index is 12.6. The van der Waals surface area contributed by atoms with Crippen LogP contribution in [0.15, 0.2) is 58.3 Å². The summed E-state index contributed by atoms with van der Waals surface area (Å²) in [6, 6.07) is 15.5. The van der Waals surface area contributed by atoms with Crippen molar-refractivity contribution in [3.63, 3.8) is 0 Å². The molecule has 0 saturated carbocycles. The van der Waals surface area contributed by atoms with Gasteiger partial charge in [0.2, 0.25) is 0 Å². The third kappa shape index (κ3) is 4.09. The van der Waals surface area contributed by atoms with Crippen LogP contribution in [0, 0.1) is 5.92 Å². The van der Waals surface area contributed by atoms with Crippen molar-refractivity contribution < 1.29 is 9.59 Å². The molecule has 2 aromatic rings. The fourth-order valence-corrected chi connectivity index (χ4v) is 5.02. The number of piperidine rings is 3. The van der Waals surface area contributed by atoms with Gasteiger partial charge < -0.3 is 10.2 Å². The van der Waals surface area contributed by atoms with Crippen LogP contribution in [0.4, 0.5) is 0 Å². The van der Waals surface area contributed by atoms with Gasteiger partial charge in [-0.15, -0.1) is 0 Å². The minimum atomic E-state index is 0.00874. The minimum absolute atomic E-state index is 0.00874. The third-order valence-corrected chi connectivity index (χ3v) is 6.67. The smallest absolute Gasteiger partial charge is 0.251 e. The first kappa shape index (κ1) is 18.3. The minimum Gasteiger partial charge on any atom is -0.348 e. The number of nitrogens with one attached hydrogen (secondary N) is 1. The molecule has 2 aromatic carbocycles. The van der Waals surface area contributed by atoms with Gasteiger partial charge in [0.15, 0.2) is 5.78 Å². The van der Waals surface area contributed by atoms with E-state index in [1.54, 1.807) is 18.7 Å². The van der Waals surface area contributed by atoms with Crippen LogP contribution < -0.4 is 5.32 Å². The van der Waals surface area contributed by atoms with E-state index in [1.165, 1.54) is 25.9 Å². The number of amides is 1. The van der Waals surface area contributed by atoms with Crippen LogP contribution in [0.2, 0.25) is 0 Å². The van der Waals surface area contributed by atoms with Gasteiger partial charge in [-0.05, 0) is 69.1 Å². The van der Waals surface area contributed by atoms with E-state index in [4.69, 9.17) is 0 Å². The Morgan fingerprint density at radius 1 is 1.04 bits per heavy atom. The standard InChI is InChI=1S/C22H24N2O2S/c1-15(25)19-4-2-3-5-21(19)27-18-8-6-17(7-9-18)22(26)23-20-14-24-12-10-16(20)11-13-24/h2-9,16,20H,10-14H2,1H3,(H,23,26). The van der Waals surface area contributed by atoms with Crippen LogP contribution in [-0.4, -0.2) is 42.3 Å². The number of benzene rings is 2. The van der Waals surface area contributed by atoms with E-state index in [0.717, 1.165) is 21.9 Å². The number of carbonyl (C=O) groups is 2. The average Bonchev–Trinajstić information content (AvgIpc) is 2.70. The van der Waals surface area contributed by atoms with Gasteiger partial charge in [-0.2, -0.15) is 0 Å². The highest BCUT2D eigenvalue weighted by atomic mass is 32.2. The summed E-state index contributed by atoms with van der Waals surface area (Å²) in [6.45, 7) is 4.91. The Hall–Kier alpha value is -2.11. The number of Topliss-reactive ketones (excluding diaryl/α,β-unsaturated/α-hetero) is 1. The zero-order valence-corrected chi connectivity index (χ0v) is 16.3. The van der Waals surface area contributed by atoms with Crippen LogP contribution in [0.1, 0.15) is 40.5 Å². The van der Waals surface area contributed by atoms with E-state index >= 15 is 0 Å². The van der Waals surface area contributed by atoms with Crippen molar-refractivity contribution in [2.24, 2.45) is 5.92 Å². The number of ketones is 1. The Morgan fingerprint density at radius 3 is 2.37 bits per heavy atom. The molecule has 1 N–H and O–H groups in total. The van der Waals surface area contributed by atoms with Crippen LogP contribution in [0.3, 0.4) is 0 Å². The maximum atomic E-state index is 12.6. The second kappa shape index (κ2) is 7.87. The molecule has 3 heterocycles. The molecule has 0 aromatic heterocycles. The van der Waals surface area contributed by atoms with Crippen molar-refractivity contribution in [1.29, 1.82) is 0 Å². The van der Waals surface area contributed by atoms with Crippen LogP contribution in [0.5, 0.6) is 0 Å². The summed E-state index contributed by atoms with van der Waals surface area (Å²) in [5.41, 5.74) is 1.42. The number of hydrogen-bond acceptors (Lipinski definition) is 4. The summed E-state index contributed by atoms with van der Waals surface area (Å²) in [6.07, 6.45) is 2.38. The quantitative estimate of drug-likeness (QED) is 0.800. The SMILES string of the molecule is CC(=O)c1ccccc1Sc1ccc(C(=O)NC2CN3CCC2CC3)cc1. The molecule has 1 atom stereocenters. The topological polar surface area (TPSA) is 49.4 Å². The van der Waals surface area contributed by atoms with Gasteiger partial charge in [0.25, 0.3) is 5.91 Å². The Labute approximate surface area is 164 Å². The van der Waals surface area contributed by atoms with E-state index < -0.39 is 0 Å². The molecule has 27 heavy (non-hydrogen) atoms. The molecule has 1 unspecified atom stereocenters. The zero-order chi connectivity index (χ0) is 18.8. The Morgan fingerprint density at radius 2 is 1.74 bits per heavy atom. The normalized spacial score (nSPS) is 23.8. The summed E-state index contributed by atoms with van der Waals surface area (Å²) in [5, 5.41) is 3.23. The molecule has 2 bridgehead atoms. The Bertz CT molecular complexity index is 842. The molecule has 0 aliphatic carbocycles. The maximum Gasteiger partial charge on any atom is 0.251 e. The molecule has 5 heteroatoms. The number of rotatable bonds is 5. The third-order valence-electron chi connectivity index (χ3n) is 5.58. The van der Waals surface area contributed by atoms with E-state index in [1.807, 2.05) is 48.5 Å². The number of carbonyl (C=O) groups excluding carboxylic acids is 2. The zero-order valence-electron chi connectivity index (χ0n) is 15.5. The van der Waals surface area contributed by atoms with Crippen LogP contribution in [0.25, 0.3) is 0 Å². The van der Waals surface area contributed by atoms with E-state index in [0.29, 0.717) is 11.5 Å². The lowest BCUT2D eigenvalue weighted by Gasteiger charge is -2.44. The van der Waals surface area contributed by atoms with Crippen LogP contribution >= 0.6 is 11.8 Å². The van der Waals surface area contributed by atoms with Gasteiger partial charge in [-0.3, -0.25) is 9.59 Å². The van der Waals surface area contributed by atoms with Gasteiger partial charge in [0, 0.05) is 33.5 Å². The van der Waals surface area contributed by atoms with Crippen molar-refractivity contribution >= 4 is 23.5 Å². The van der Waals surface area contributed by atoms with Gasteiger partial charge in [0.05, 0.1) is 0 Å². The van der Waals surface area contributed by atoms with Crippen molar-refractivity contribution in [3.05, 3.63) is 59.7 Å². The lowest BCUT2D eigenvalue weighted by Crippen LogP contribution is -2.57. The van der Waals surface area contributed by atoms with Crippen molar-refractivity contribution in [2.45, 2.75) is 35.6 Å². The Kier molecular flexibility index (Phi) is 5.32. The lowest BCUT2D eigenvalue weighted by atomic mass is 9.84. The first-order valence-electron chi connectivity index (χ1n) is 9.51. The number of hydrogen-bond donors (Lipinski definition) is 1. The van der Waals surface area contributed by atoms with Crippen LogP contribution in [-0.2, 0) is 0 Å². The molecule has 0 radical (unpaired) electrons. The predicted octanol–water partition coefficient (Wildman–Crippen LogP) is 3.86. The fraction of sp³-hybridized carbons (Fsp3) is 0.364. The van der Waals surface area contributed by atoms with E-state index in [2.05, 4.69) is 10.2 Å². The number of nitrogens with zero attached hydrogens (tertiary/aromatic N) is 1. The summed E-state index contributed by atoms with van der Waals surface area (Å²) in [7, 11) is 0. The van der Waals surface area contributed by atoms with Crippen molar-refractivity contribution in [3.8, 4) is 0 Å². The second-order valence-corrected chi connectivity index (χ2v) is 8.51. The largest absolute Gasteiger partial charge is 0.348 e. The summed E-state index contributed by atoms with van der Waals surface area (Å²) in [5.74, 6) is 0.693. The number of fused-ring (bicyclic) bond motifs is 3. The molecule has 140 valence electrons. The van der Waals surface area contributed by atoms with Crippen molar-refractivity contribution in [1.82, 2.24) is 10.2 Å². The predicted molar refractivity (Wildman–Crippen MR) is 107 cm³/mol. The van der Waals surface area contributed by atoms with E-state index in [-0.39, 0.29) is 17.7 Å². The monoisotopic (exact) mass is 380 g/mol. The summed E-state index contributed by atoms with van der Waals surface area (Å²) in [4.78, 5) is 28.8. The van der Waals surface area contributed by atoms with Crippen molar-refractivity contribution in [2.75, 3.05) is 19.6 Å². The fourth-order valence-electron chi connectivity index (χ4n) is 4.03. The average molecular weight is 381 g/mol. The lowest BCUT2D eigenvalue weighted by molar-refractivity contribution is 0.0620. The molecule has 4 nitrogen and oxygen atoms in total. The highest BCUT2D eigenvalue weighted by molar-refractivity contribution is 7.99. The first-order valence-corrected chi connectivity index (χ1v) is 10.3. The highest BCUT2D eigenvalue weighted by Gasteiger charge is 2.34. The molecule has 5 rings (SSSR count). The van der Waals surface area contributed by atoms with Gasteiger partial charge in [0.1, 0.15) is 0 Å². The molecule has 3 fully saturated rings. The summed E-state index contributed by atoms with van der Waals surface area (Å²) >= 11 is 1.55. The molecular weight excluding hydrogens is 356 g/mol. The molecule has 3 saturated heterocycles. The molecule has 0 spiro atoms. The first-order chi connectivity index (χ1) is 13.1. The second-order valence-electron chi connectivity index (χ2n) is 7.40. The Balaban J connectivity index is 1.42. The van der Waals surface area contributed by atoms with Gasteiger partial charge >= 0.3 is 0 Å². The summed E-state index contributed by atoms with van der Waals surface area (Å²) < 4.78 is 0. The van der Waals surface area contributed by atoms with Gasteiger partial charge in [-0.25, -0.2) is 0 Å². The van der Waals surface area contributed by atoms with E-state index in [9.17, 15) is 9.59 Å². The van der Waals surface area contributed by atoms with Gasteiger partial charge in [-0.1, -0.05) is 30.0 Å². The highest BCUT2D eigenvalue weighted by Crippen LogP contribution is 2.31. The molecular formula is C22H24N2O2S. The molecule has 3 aliphatic rings. The molecule has 1 amide bonds.